The van der Waals surface area contributed by atoms with E-state index in [4.69, 9.17) is 0 Å². The highest BCUT2D eigenvalue weighted by molar-refractivity contribution is 7.89. The minimum absolute atomic E-state index is 0.0466. The molecule has 1 aromatic rings. The smallest absolute Gasteiger partial charge is 0.253 e. The summed E-state index contributed by atoms with van der Waals surface area (Å²) >= 11 is 0. The third-order valence-corrected chi connectivity index (χ3v) is 6.29. The first-order valence-corrected chi connectivity index (χ1v) is 10.2. The number of carbonyl (C=O) groups is 2. The highest BCUT2D eigenvalue weighted by Gasteiger charge is 2.28. The van der Waals surface area contributed by atoms with Crippen molar-refractivity contribution in [2.24, 2.45) is 5.92 Å². The average Bonchev–Trinajstić information content (AvgIpc) is 2.60. The van der Waals surface area contributed by atoms with E-state index in [9.17, 15) is 18.0 Å². The molecule has 7 nitrogen and oxygen atoms in total. The molecule has 2 rings (SSSR count). The Hall–Kier alpha value is -1.93. The zero-order chi connectivity index (χ0) is 19.5. The number of likely N-dealkylation sites (tertiary alicyclic amines) is 1. The molecular weight excluding hydrogens is 354 g/mol. The van der Waals surface area contributed by atoms with Crippen molar-refractivity contribution in [2.45, 2.75) is 37.6 Å². The Balaban J connectivity index is 1.99. The van der Waals surface area contributed by atoms with Gasteiger partial charge in [-0.05, 0) is 51.0 Å². The lowest BCUT2D eigenvalue weighted by atomic mass is 9.95. The van der Waals surface area contributed by atoms with Crippen molar-refractivity contribution in [3.8, 4) is 0 Å². The number of amides is 2. The summed E-state index contributed by atoms with van der Waals surface area (Å²) in [6.45, 7) is 4.90. The summed E-state index contributed by atoms with van der Waals surface area (Å²) in [7, 11) is -0.575. The van der Waals surface area contributed by atoms with Crippen molar-refractivity contribution in [2.75, 3.05) is 27.2 Å². The van der Waals surface area contributed by atoms with Crippen LogP contribution in [0.3, 0.4) is 0 Å². The Morgan fingerprint density at radius 1 is 1.12 bits per heavy atom. The lowest BCUT2D eigenvalue weighted by Crippen LogP contribution is -2.44. The maximum Gasteiger partial charge on any atom is 0.253 e. The summed E-state index contributed by atoms with van der Waals surface area (Å²) in [5, 5.41) is 2.91. The summed E-state index contributed by atoms with van der Waals surface area (Å²) in [6.07, 6.45) is 1.27. The second-order valence-corrected chi connectivity index (χ2v) is 9.19. The van der Waals surface area contributed by atoms with E-state index < -0.39 is 10.0 Å². The van der Waals surface area contributed by atoms with E-state index >= 15 is 0 Å². The molecule has 0 saturated carbocycles. The molecule has 1 N–H and O–H groups in total. The minimum atomic E-state index is -3.51. The molecule has 1 saturated heterocycles. The first-order chi connectivity index (χ1) is 12.1. The molecule has 1 aliphatic rings. The largest absolute Gasteiger partial charge is 0.354 e. The first-order valence-electron chi connectivity index (χ1n) is 8.75. The molecule has 0 atom stereocenters. The number of rotatable bonds is 5. The van der Waals surface area contributed by atoms with Gasteiger partial charge in [0.05, 0.1) is 4.90 Å². The van der Waals surface area contributed by atoms with Crippen molar-refractivity contribution < 1.29 is 18.0 Å². The number of sulfonamides is 1. The van der Waals surface area contributed by atoms with Crippen molar-refractivity contribution in [3.05, 3.63) is 29.8 Å². The van der Waals surface area contributed by atoms with Crippen molar-refractivity contribution >= 4 is 21.8 Å². The normalized spacial score (nSPS) is 16.2. The maximum absolute atomic E-state index is 12.6. The van der Waals surface area contributed by atoms with Crippen LogP contribution in [0.5, 0.6) is 0 Å². The van der Waals surface area contributed by atoms with Gasteiger partial charge in [0, 0.05) is 44.7 Å². The van der Waals surface area contributed by atoms with Crippen LogP contribution in [-0.2, 0) is 14.8 Å². The van der Waals surface area contributed by atoms with E-state index in [2.05, 4.69) is 5.32 Å². The summed E-state index contributed by atoms with van der Waals surface area (Å²) < 4.78 is 25.3. The van der Waals surface area contributed by atoms with Crippen LogP contribution in [0.1, 0.15) is 37.0 Å². The molecule has 1 aliphatic heterocycles. The third kappa shape index (κ3) is 4.62. The molecular formula is C18H27N3O4S. The van der Waals surface area contributed by atoms with Gasteiger partial charge in [0.2, 0.25) is 15.9 Å². The average molecular weight is 381 g/mol. The highest BCUT2D eigenvalue weighted by Crippen LogP contribution is 2.21. The molecule has 26 heavy (non-hydrogen) atoms. The molecule has 1 heterocycles. The van der Waals surface area contributed by atoms with Gasteiger partial charge in [0.15, 0.2) is 0 Å². The quantitative estimate of drug-likeness (QED) is 0.833. The number of benzene rings is 1. The van der Waals surface area contributed by atoms with E-state index in [-0.39, 0.29) is 28.7 Å². The van der Waals surface area contributed by atoms with Gasteiger partial charge in [-0.15, -0.1) is 0 Å². The SMILES string of the molecule is CC(C)NC(=O)C1CCN(C(=O)c2ccc(S(=O)(=O)N(C)C)cc2)CC1. The van der Waals surface area contributed by atoms with Crippen molar-refractivity contribution in [1.82, 2.24) is 14.5 Å². The fraction of sp³-hybridized carbons (Fsp3) is 0.556. The number of hydrogen-bond donors (Lipinski definition) is 1. The van der Waals surface area contributed by atoms with Crippen LogP contribution in [0.2, 0.25) is 0 Å². The van der Waals surface area contributed by atoms with Gasteiger partial charge in [-0.25, -0.2) is 12.7 Å². The first kappa shape index (κ1) is 20.4. The third-order valence-electron chi connectivity index (χ3n) is 4.46. The van der Waals surface area contributed by atoms with Crippen LogP contribution >= 0.6 is 0 Å². The van der Waals surface area contributed by atoms with Gasteiger partial charge in [-0.1, -0.05) is 0 Å². The second kappa shape index (κ2) is 8.18. The van der Waals surface area contributed by atoms with Crippen molar-refractivity contribution in [1.29, 1.82) is 0 Å². The van der Waals surface area contributed by atoms with E-state index in [0.717, 1.165) is 4.31 Å². The fourth-order valence-electron chi connectivity index (χ4n) is 2.91. The molecule has 8 heteroatoms. The highest BCUT2D eigenvalue weighted by atomic mass is 32.2. The van der Waals surface area contributed by atoms with E-state index in [0.29, 0.717) is 31.5 Å². The summed E-state index contributed by atoms with van der Waals surface area (Å²) in [5.41, 5.74) is 0.452. The van der Waals surface area contributed by atoms with Gasteiger partial charge in [0.1, 0.15) is 0 Å². The maximum atomic E-state index is 12.6. The van der Waals surface area contributed by atoms with Crippen LogP contribution in [0.4, 0.5) is 0 Å². The zero-order valence-electron chi connectivity index (χ0n) is 15.7. The van der Waals surface area contributed by atoms with Gasteiger partial charge in [-0.3, -0.25) is 9.59 Å². The summed E-state index contributed by atoms with van der Waals surface area (Å²) in [6, 6.07) is 6.09. The number of hydrogen-bond acceptors (Lipinski definition) is 4. The van der Waals surface area contributed by atoms with Gasteiger partial charge >= 0.3 is 0 Å². The molecule has 0 aromatic heterocycles. The minimum Gasteiger partial charge on any atom is -0.354 e. The molecule has 0 spiro atoms. The molecule has 0 bridgehead atoms. The Morgan fingerprint density at radius 2 is 1.65 bits per heavy atom. The van der Waals surface area contributed by atoms with E-state index in [1.54, 1.807) is 4.90 Å². The molecule has 0 aliphatic carbocycles. The monoisotopic (exact) mass is 381 g/mol. The fourth-order valence-corrected chi connectivity index (χ4v) is 3.81. The Kier molecular flexibility index (Phi) is 6.41. The summed E-state index contributed by atoms with van der Waals surface area (Å²) in [4.78, 5) is 26.6. The Morgan fingerprint density at radius 3 is 2.12 bits per heavy atom. The van der Waals surface area contributed by atoms with E-state index in [1.165, 1.54) is 38.4 Å². The summed E-state index contributed by atoms with van der Waals surface area (Å²) in [5.74, 6) is -0.152. The molecule has 2 amide bonds. The van der Waals surface area contributed by atoms with Crippen LogP contribution < -0.4 is 5.32 Å². The van der Waals surface area contributed by atoms with Crippen LogP contribution in [0.15, 0.2) is 29.2 Å². The van der Waals surface area contributed by atoms with Gasteiger partial charge in [-0.2, -0.15) is 0 Å². The molecule has 0 unspecified atom stereocenters. The number of nitrogens with one attached hydrogen (secondary N) is 1. The lowest BCUT2D eigenvalue weighted by molar-refractivity contribution is -0.126. The lowest BCUT2D eigenvalue weighted by Gasteiger charge is -2.31. The molecule has 1 aromatic carbocycles. The van der Waals surface area contributed by atoms with Gasteiger partial charge in [0.25, 0.3) is 5.91 Å². The molecule has 1 fully saturated rings. The Labute approximate surface area is 155 Å². The molecule has 0 radical (unpaired) electrons. The van der Waals surface area contributed by atoms with Crippen molar-refractivity contribution in [3.63, 3.8) is 0 Å². The zero-order valence-corrected chi connectivity index (χ0v) is 16.5. The van der Waals surface area contributed by atoms with Crippen LogP contribution in [0, 0.1) is 5.92 Å². The standard InChI is InChI=1S/C18H27N3O4S/c1-13(2)19-17(22)14-9-11-21(12-10-14)18(23)15-5-7-16(8-6-15)26(24,25)20(3)4/h5-8,13-14H,9-12H2,1-4H3,(H,19,22). The second-order valence-electron chi connectivity index (χ2n) is 7.04. The van der Waals surface area contributed by atoms with E-state index in [1.807, 2.05) is 13.8 Å². The Bertz CT molecular complexity index is 749. The number of nitrogens with zero attached hydrogens (tertiary/aromatic N) is 2. The number of carbonyl (C=O) groups excluding carboxylic acids is 2. The van der Waals surface area contributed by atoms with Crippen LogP contribution in [-0.4, -0.2) is 62.7 Å². The number of piperidine rings is 1. The van der Waals surface area contributed by atoms with Crippen LogP contribution in [0.25, 0.3) is 0 Å². The predicted molar refractivity (Wildman–Crippen MR) is 99.2 cm³/mol. The molecule has 144 valence electrons. The van der Waals surface area contributed by atoms with Gasteiger partial charge < -0.3 is 10.2 Å². The topological polar surface area (TPSA) is 86.8 Å². The predicted octanol–water partition coefficient (Wildman–Crippen LogP) is 1.31.